The molecule has 2 aliphatic carbocycles. The van der Waals surface area contributed by atoms with Crippen molar-refractivity contribution in [3.8, 4) is 0 Å². The first-order valence-electron chi connectivity index (χ1n) is 9.10. The average molecular weight is 294 g/mol. The van der Waals surface area contributed by atoms with E-state index in [-0.39, 0.29) is 11.3 Å². The Morgan fingerprint density at radius 3 is 2.29 bits per heavy atom. The molecule has 0 spiro atoms. The molecule has 0 unspecified atom stereocenters. The Morgan fingerprint density at radius 2 is 1.76 bits per heavy atom. The third kappa shape index (κ3) is 4.21. The number of nitrogens with two attached hydrogens (primary N) is 1. The van der Waals surface area contributed by atoms with Crippen molar-refractivity contribution in [1.29, 1.82) is 0 Å². The molecule has 2 aliphatic rings. The fourth-order valence-electron chi connectivity index (χ4n) is 4.18. The fourth-order valence-corrected chi connectivity index (χ4v) is 4.18. The Kier molecular flexibility index (Phi) is 6.09. The standard InChI is InChI=1S/C18H34N2O/c1-3-4-15-5-7-16(8-6-15)20-17(21)18(13-19)11-9-14(2)10-12-18/h14-16H,3-13,19H2,1-2H3,(H,20,21). The van der Waals surface area contributed by atoms with Gasteiger partial charge in [-0.15, -0.1) is 0 Å². The molecule has 1 amide bonds. The number of hydrogen-bond donors (Lipinski definition) is 2. The molecule has 122 valence electrons. The Morgan fingerprint density at radius 1 is 1.14 bits per heavy atom. The second-order valence-corrected chi connectivity index (χ2v) is 7.65. The van der Waals surface area contributed by atoms with Crippen LogP contribution in [0.15, 0.2) is 0 Å². The predicted molar refractivity (Wildman–Crippen MR) is 87.9 cm³/mol. The van der Waals surface area contributed by atoms with Crippen LogP contribution in [0.1, 0.15) is 78.1 Å². The predicted octanol–water partition coefficient (Wildman–Crippen LogP) is 3.62. The average Bonchev–Trinajstić information content (AvgIpc) is 2.50. The van der Waals surface area contributed by atoms with E-state index in [4.69, 9.17) is 5.73 Å². The van der Waals surface area contributed by atoms with E-state index in [0.29, 0.717) is 12.6 Å². The van der Waals surface area contributed by atoms with Crippen LogP contribution < -0.4 is 11.1 Å². The minimum Gasteiger partial charge on any atom is -0.353 e. The largest absolute Gasteiger partial charge is 0.353 e. The molecule has 0 radical (unpaired) electrons. The summed E-state index contributed by atoms with van der Waals surface area (Å²) < 4.78 is 0. The maximum absolute atomic E-state index is 12.7. The van der Waals surface area contributed by atoms with Crippen molar-refractivity contribution in [1.82, 2.24) is 5.32 Å². The molecular weight excluding hydrogens is 260 g/mol. The molecule has 0 heterocycles. The van der Waals surface area contributed by atoms with Gasteiger partial charge >= 0.3 is 0 Å². The molecular formula is C18H34N2O. The second-order valence-electron chi connectivity index (χ2n) is 7.65. The molecule has 21 heavy (non-hydrogen) atoms. The quantitative estimate of drug-likeness (QED) is 0.813. The highest BCUT2D eigenvalue weighted by atomic mass is 16.2. The maximum Gasteiger partial charge on any atom is 0.227 e. The summed E-state index contributed by atoms with van der Waals surface area (Å²) in [6.07, 6.45) is 11.8. The molecule has 2 saturated carbocycles. The lowest BCUT2D eigenvalue weighted by atomic mass is 9.70. The zero-order valence-electron chi connectivity index (χ0n) is 14.0. The summed E-state index contributed by atoms with van der Waals surface area (Å²) in [4.78, 5) is 12.7. The van der Waals surface area contributed by atoms with E-state index in [0.717, 1.165) is 50.4 Å². The van der Waals surface area contributed by atoms with Crippen LogP contribution in [0.2, 0.25) is 0 Å². The van der Waals surface area contributed by atoms with E-state index in [1.165, 1.54) is 25.7 Å². The van der Waals surface area contributed by atoms with Gasteiger partial charge in [0.25, 0.3) is 0 Å². The maximum atomic E-state index is 12.7. The molecule has 0 bridgehead atoms. The van der Waals surface area contributed by atoms with Crippen LogP contribution in [0.4, 0.5) is 0 Å². The van der Waals surface area contributed by atoms with E-state index < -0.39 is 0 Å². The van der Waals surface area contributed by atoms with Crippen molar-refractivity contribution in [2.45, 2.75) is 84.1 Å². The molecule has 3 N–H and O–H groups in total. The molecule has 0 aromatic carbocycles. The third-order valence-electron chi connectivity index (χ3n) is 5.98. The summed E-state index contributed by atoms with van der Waals surface area (Å²) in [6.45, 7) is 5.06. The molecule has 3 nitrogen and oxygen atoms in total. The summed E-state index contributed by atoms with van der Waals surface area (Å²) in [5.74, 6) is 1.89. The minimum atomic E-state index is -0.271. The first-order chi connectivity index (χ1) is 10.1. The Balaban J connectivity index is 1.83. The lowest BCUT2D eigenvalue weighted by molar-refractivity contribution is -0.133. The zero-order valence-corrected chi connectivity index (χ0v) is 14.0. The number of amides is 1. The van der Waals surface area contributed by atoms with Crippen molar-refractivity contribution in [3.63, 3.8) is 0 Å². The third-order valence-corrected chi connectivity index (χ3v) is 5.98. The van der Waals surface area contributed by atoms with E-state index in [2.05, 4.69) is 19.2 Å². The van der Waals surface area contributed by atoms with Crippen LogP contribution in [0.3, 0.4) is 0 Å². The van der Waals surface area contributed by atoms with Gasteiger partial charge in [-0.05, 0) is 63.2 Å². The minimum absolute atomic E-state index is 0.246. The lowest BCUT2D eigenvalue weighted by Crippen LogP contribution is -2.51. The van der Waals surface area contributed by atoms with Crippen molar-refractivity contribution in [2.75, 3.05) is 6.54 Å². The van der Waals surface area contributed by atoms with Gasteiger partial charge < -0.3 is 11.1 Å². The molecule has 0 aromatic heterocycles. The molecule has 2 fully saturated rings. The van der Waals surface area contributed by atoms with Crippen LogP contribution in [0, 0.1) is 17.3 Å². The van der Waals surface area contributed by atoms with E-state index >= 15 is 0 Å². The van der Waals surface area contributed by atoms with Gasteiger partial charge in [-0.2, -0.15) is 0 Å². The van der Waals surface area contributed by atoms with E-state index in [9.17, 15) is 4.79 Å². The summed E-state index contributed by atoms with van der Waals surface area (Å²) in [5, 5.41) is 3.34. The molecule has 3 heteroatoms. The molecule has 2 rings (SSSR count). The molecule has 0 saturated heterocycles. The van der Waals surface area contributed by atoms with Gasteiger partial charge in [0.1, 0.15) is 0 Å². The number of carbonyl (C=O) groups excluding carboxylic acids is 1. The van der Waals surface area contributed by atoms with Crippen molar-refractivity contribution < 1.29 is 4.79 Å². The summed E-state index contributed by atoms with van der Waals surface area (Å²) in [7, 11) is 0. The van der Waals surface area contributed by atoms with Gasteiger partial charge in [-0.25, -0.2) is 0 Å². The number of rotatable bonds is 5. The zero-order chi connectivity index (χ0) is 15.3. The van der Waals surface area contributed by atoms with Gasteiger partial charge in [0, 0.05) is 12.6 Å². The van der Waals surface area contributed by atoms with Crippen LogP contribution in [-0.2, 0) is 4.79 Å². The van der Waals surface area contributed by atoms with Crippen LogP contribution in [-0.4, -0.2) is 18.5 Å². The van der Waals surface area contributed by atoms with Crippen molar-refractivity contribution in [2.24, 2.45) is 23.0 Å². The van der Waals surface area contributed by atoms with Crippen molar-refractivity contribution in [3.05, 3.63) is 0 Å². The van der Waals surface area contributed by atoms with E-state index in [1.54, 1.807) is 0 Å². The van der Waals surface area contributed by atoms with Gasteiger partial charge in [0.2, 0.25) is 5.91 Å². The molecule has 0 atom stereocenters. The monoisotopic (exact) mass is 294 g/mol. The molecule has 0 aromatic rings. The van der Waals surface area contributed by atoms with Gasteiger partial charge in [-0.1, -0.05) is 26.7 Å². The van der Waals surface area contributed by atoms with Gasteiger partial charge in [-0.3, -0.25) is 4.79 Å². The van der Waals surface area contributed by atoms with Crippen LogP contribution >= 0.6 is 0 Å². The smallest absolute Gasteiger partial charge is 0.227 e. The summed E-state index contributed by atoms with van der Waals surface area (Å²) >= 11 is 0. The van der Waals surface area contributed by atoms with Crippen LogP contribution in [0.25, 0.3) is 0 Å². The lowest BCUT2D eigenvalue weighted by Gasteiger charge is -2.39. The number of nitrogens with one attached hydrogen (secondary N) is 1. The second kappa shape index (κ2) is 7.62. The highest BCUT2D eigenvalue weighted by Crippen LogP contribution is 2.39. The highest BCUT2D eigenvalue weighted by molar-refractivity contribution is 5.83. The van der Waals surface area contributed by atoms with E-state index in [1.807, 2.05) is 0 Å². The van der Waals surface area contributed by atoms with Gasteiger partial charge in [0.15, 0.2) is 0 Å². The van der Waals surface area contributed by atoms with Crippen molar-refractivity contribution >= 4 is 5.91 Å². The highest BCUT2D eigenvalue weighted by Gasteiger charge is 2.40. The fraction of sp³-hybridized carbons (Fsp3) is 0.944. The Bertz CT molecular complexity index is 326. The molecule has 0 aliphatic heterocycles. The van der Waals surface area contributed by atoms with Gasteiger partial charge in [0.05, 0.1) is 5.41 Å². The summed E-state index contributed by atoms with van der Waals surface area (Å²) in [5.41, 5.74) is 5.72. The Labute approximate surface area is 130 Å². The first kappa shape index (κ1) is 16.8. The summed E-state index contributed by atoms with van der Waals surface area (Å²) in [6, 6.07) is 0.397. The topological polar surface area (TPSA) is 55.1 Å². The first-order valence-corrected chi connectivity index (χ1v) is 9.10. The normalized spacial score (nSPS) is 37.2. The van der Waals surface area contributed by atoms with Crippen LogP contribution in [0.5, 0.6) is 0 Å². The Hall–Kier alpha value is -0.570. The number of hydrogen-bond acceptors (Lipinski definition) is 2. The number of carbonyl (C=O) groups is 1. The SMILES string of the molecule is CCCC1CCC(NC(=O)C2(CN)CCC(C)CC2)CC1.